The van der Waals surface area contributed by atoms with Gasteiger partial charge in [-0.25, -0.2) is 0 Å². The first-order valence-corrected chi connectivity index (χ1v) is 14.3. The zero-order chi connectivity index (χ0) is 26.9. The predicted octanol–water partition coefficient (Wildman–Crippen LogP) is 5.66. The third-order valence-corrected chi connectivity index (χ3v) is 8.61. The largest absolute Gasteiger partial charge is 0.497 e. The van der Waals surface area contributed by atoms with Gasteiger partial charge in [0.05, 0.1) is 25.8 Å². The molecule has 7 nitrogen and oxygen atoms in total. The van der Waals surface area contributed by atoms with Gasteiger partial charge in [0.1, 0.15) is 11.5 Å². The van der Waals surface area contributed by atoms with Crippen molar-refractivity contribution in [3.05, 3.63) is 60.3 Å². The lowest BCUT2D eigenvalue weighted by atomic mass is 9.79. The second-order valence-corrected chi connectivity index (χ2v) is 11.1. The fourth-order valence-electron chi connectivity index (χ4n) is 5.44. The van der Waals surface area contributed by atoms with Crippen LogP contribution < -0.4 is 9.47 Å². The van der Waals surface area contributed by atoms with Gasteiger partial charge in [0.15, 0.2) is 0 Å². The number of piperidine rings is 1. The molecule has 1 aliphatic heterocycles. The highest BCUT2D eigenvalue weighted by molar-refractivity contribution is 7.99. The van der Waals surface area contributed by atoms with Gasteiger partial charge in [0.25, 0.3) is 0 Å². The number of nitrogens with zero attached hydrogens (tertiary/aromatic N) is 2. The molecular weight excluding hydrogens is 500 g/mol. The lowest BCUT2D eigenvalue weighted by molar-refractivity contribution is -0.139. The molecule has 3 atom stereocenters. The Morgan fingerprint density at radius 1 is 1.11 bits per heavy atom. The van der Waals surface area contributed by atoms with Crippen molar-refractivity contribution in [2.75, 3.05) is 39.6 Å². The van der Waals surface area contributed by atoms with Gasteiger partial charge in [-0.2, -0.15) is 0 Å². The van der Waals surface area contributed by atoms with Crippen LogP contribution in [-0.2, 0) is 4.79 Å². The number of hydrogen-bond acceptors (Lipinski definition) is 7. The molecule has 1 aromatic heterocycles. The van der Waals surface area contributed by atoms with E-state index in [4.69, 9.17) is 9.47 Å². The minimum atomic E-state index is -0.746. The zero-order valence-corrected chi connectivity index (χ0v) is 23.0. The van der Waals surface area contributed by atoms with Crippen molar-refractivity contribution < 1.29 is 24.5 Å². The molecule has 0 bridgehead atoms. The number of thioether (sulfide) groups is 1. The highest BCUT2D eigenvalue weighted by atomic mass is 32.2. The van der Waals surface area contributed by atoms with Crippen LogP contribution >= 0.6 is 11.8 Å². The Balaban J connectivity index is 1.29. The minimum Gasteiger partial charge on any atom is -0.497 e. The smallest absolute Gasteiger partial charge is 0.303 e. The summed E-state index contributed by atoms with van der Waals surface area (Å²) in [5, 5.41) is 21.6. The molecule has 0 amide bonds. The van der Waals surface area contributed by atoms with E-state index in [1.165, 1.54) is 4.90 Å². The number of aromatic nitrogens is 1. The molecule has 38 heavy (non-hydrogen) atoms. The summed E-state index contributed by atoms with van der Waals surface area (Å²) in [4.78, 5) is 19.7. The Labute approximate surface area is 229 Å². The number of carboxylic acid groups (broad SMARTS) is 1. The number of ether oxygens (including phenoxy) is 2. The lowest BCUT2D eigenvalue weighted by Gasteiger charge is -2.38. The summed E-state index contributed by atoms with van der Waals surface area (Å²) in [5.41, 5.74) is 1.67. The van der Waals surface area contributed by atoms with Crippen molar-refractivity contribution in [2.45, 2.75) is 43.1 Å². The van der Waals surface area contributed by atoms with E-state index in [-0.39, 0.29) is 18.3 Å². The number of carbonyl (C=O) groups is 1. The maximum absolute atomic E-state index is 11.7. The van der Waals surface area contributed by atoms with E-state index in [2.05, 4.69) is 22.0 Å². The maximum Gasteiger partial charge on any atom is 0.303 e. The average Bonchev–Trinajstić information content (AvgIpc) is 2.94. The molecule has 0 spiro atoms. The predicted molar refractivity (Wildman–Crippen MR) is 151 cm³/mol. The van der Waals surface area contributed by atoms with Crippen molar-refractivity contribution in [2.24, 2.45) is 11.8 Å². The molecule has 0 aliphatic carbocycles. The van der Waals surface area contributed by atoms with E-state index in [0.717, 1.165) is 72.6 Å². The summed E-state index contributed by atoms with van der Waals surface area (Å²) in [7, 11) is 3.30. The van der Waals surface area contributed by atoms with Crippen LogP contribution in [0.15, 0.2) is 59.6 Å². The van der Waals surface area contributed by atoms with Crippen molar-refractivity contribution in [3.8, 4) is 11.5 Å². The number of aliphatic hydroxyl groups excluding tert-OH is 1. The van der Waals surface area contributed by atoms with Gasteiger partial charge in [-0.1, -0.05) is 0 Å². The zero-order valence-electron chi connectivity index (χ0n) is 22.2. The molecule has 2 N–H and O–H groups in total. The van der Waals surface area contributed by atoms with Crippen LogP contribution in [0.2, 0.25) is 0 Å². The number of carboxylic acids is 1. The third kappa shape index (κ3) is 7.62. The molecule has 2 heterocycles. The molecule has 1 fully saturated rings. The average molecular weight is 539 g/mol. The quantitative estimate of drug-likeness (QED) is 0.213. The topological polar surface area (TPSA) is 92.1 Å². The third-order valence-electron chi connectivity index (χ3n) is 7.51. The lowest BCUT2D eigenvalue weighted by Crippen LogP contribution is -2.42. The number of aliphatic hydroxyl groups is 1. The molecular formula is C30H38N2O5S. The van der Waals surface area contributed by atoms with Gasteiger partial charge < -0.3 is 24.6 Å². The van der Waals surface area contributed by atoms with Crippen LogP contribution in [-0.4, -0.2) is 65.7 Å². The van der Waals surface area contributed by atoms with E-state index in [9.17, 15) is 15.0 Å². The molecule has 0 unspecified atom stereocenters. The summed E-state index contributed by atoms with van der Waals surface area (Å²) >= 11 is 1.84. The number of hydrogen-bond donors (Lipinski definition) is 2. The summed E-state index contributed by atoms with van der Waals surface area (Å²) in [6, 6.07) is 15.7. The number of fused-ring (bicyclic) bond motifs is 1. The minimum absolute atomic E-state index is 0.0944. The Bertz CT molecular complexity index is 1190. The SMILES string of the molecule is COc1ccc(SCCCN2CC[C@@H](CC[C@H](O)c3ccnc4ccc(OC)cc34)[C@@H](CC(=O)O)C2)cc1. The van der Waals surface area contributed by atoms with Crippen LogP contribution in [0.5, 0.6) is 11.5 Å². The van der Waals surface area contributed by atoms with Gasteiger partial charge >= 0.3 is 5.97 Å². The molecule has 204 valence electrons. The number of aliphatic carboxylic acids is 1. The Hall–Kier alpha value is -2.81. The number of pyridine rings is 1. The van der Waals surface area contributed by atoms with Crippen LogP contribution in [0.1, 0.15) is 43.8 Å². The van der Waals surface area contributed by atoms with E-state index in [1.54, 1.807) is 20.4 Å². The second kappa shape index (κ2) is 13.8. The second-order valence-electron chi connectivity index (χ2n) is 9.96. The fraction of sp³-hybridized carbons (Fsp3) is 0.467. The molecule has 3 aromatic rings. The van der Waals surface area contributed by atoms with Crippen LogP contribution in [0, 0.1) is 11.8 Å². The van der Waals surface area contributed by atoms with Crippen LogP contribution in [0.4, 0.5) is 0 Å². The van der Waals surface area contributed by atoms with Crippen LogP contribution in [0.3, 0.4) is 0 Å². The molecule has 0 saturated carbocycles. The molecule has 1 aliphatic rings. The highest BCUT2D eigenvalue weighted by Crippen LogP contribution is 2.35. The van der Waals surface area contributed by atoms with Crippen molar-refractivity contribution in [1.29, 1.82) is 0 Å². The van der Waals surface area contributed by atoms with Crippen molar-refractivity contribution in [1.82, 2.24) is 9.88 Å². The first-order valence-electron chi connectivity index (χ1n) is 13.3. The van der Waals surface area contributed by atoms with Crippen molar-refractivity contribution >= 4 is 28.6 Å². The van der Waals surface area contributed by atoms with Gasteiger partial charge in [-0.3, -0.25) is 9.78 Å². The fourth-order valence-corrected chi connectivity index (χ4v) is 6.27. The van der Waals surface area contributed by atoms with Gasteiger partial charge in [0.2, 0.25) is 0 Å². The number of rotatable bonds is 13. The standard InChI is InChI=1S/C30H38N2O5S/c1-36-23-5-8-25(9-6-23)38-17-3-15-32-16-13-21(22(20-32)18-30(34)35)4-11-29(33)26-12-14-31-28-10-7-24(37-2)19-27(26)28/h5-10,12,14,19,21-22,29,33H,3-4,11,13,15-18,20H2,1-2H3,(H,34,35)/t21-,22+,29+/m1/s1. The van der Waals surface area contributed by atoms with E-state index < -0.39 is 12.1 Å². The Kier molecular flexibility index (Phi) is 10.3. The number of methoxy groups -OCH3 is 2. The normalized spacial score (nSPS) is 18.8. The van der Waals surface area contributed by atoms with Gasteiger partial charge in [0, 0.05) is 29.4 Å². The molecule has 8 heteroatoms. The first kappa shape index (κ1) is 28.2. The van der Waals surface area contributed by atoms with Gasteiger partial charge in [-0.05, 0) is 110 Å². The Morgan fingerprint density at radius 2 is 1.87 bits per heavy atom. The summed E-state index contributed by atoms with van der Waals surface area (Å²) in [5.74, 6) is 2.25. The maximum atomic E-state index is 11.7. The monoisotopic (exact) mass is 538 g/mol. The van der Waals surface area contributed by atoms with Crippen molar-refractivity contribution in [3.63, 3.8) is 0 Å². The highest BCUT2D eigenvalue weighted by Gasteiger charge is 2.31. The number of benzene rings is 2. The van der Waals surface area contributed by atoms with E-state index in [0.29, 0.717) is 6.42 Å². The molecule has 1 saturated heterocycles. The van der Waals surface area contributed by atoms with E-state index in [1.807, 2.05) is 48.2 Å². The Morgan fingerprint density at radius 3 is 2.61 bits per heavy atom. The summed E-state index contributed by atoms with van der Waals surface area (Å²) < 4.78 is 10.6. The van der Waals surface area contributed by atoms with Gasteiger partial charge in [-0.15, -0.1) is 11.8 Å². The summed E-state index contributed by atoms with van der Waals surface area (Å²) in [6.45, 7) is 2.74. The molecule has 2 aromatic carbocycles. The molecule has 4 rings (SSSR count). The van der Waals surface area contributed by atoms with Crippen LogP contribution in [0.25, 0.3) is 10.9 Å². The molecule has 0 radical (unpaired) electrons. The number of likely N-dealkylation sites (tertiary alicyclic amines) is 1. The first-order chi connectivity index (χ1) is 18.5. The van der Waals surface area contributed by atoms with E-state index >= 15 is 0 Å². The summed E-state index contributed by atoms with van der Waals surface area (Å²) in [6.07, 6.45) is 4.67.